The molecule has 2 N–H and O–H groups in total. The van der Waals surface area contributed by atoms with Crippen LogP contribution in [0.15, 0.2) is 0 Å². The summed E-state index contributed by atoms with van der Waals surface area (Å²) < 4.78 is 36.0. The highest BCUT2D eigenvalue weighted by Crippen LogP contribution is 2.18. The molecule has 15 heavy (non-hydrogen) atoms. The second kappa shape index (κ2) is 5.34. The number of alkyl halides is 3. The van der Waals surface area contributed by atoms with Crippen LogP contribution in [0.4, 0.5) is 13.2 Å². The number of rotatable bonds is 4. The summed E-state index contributed by atoms with van der Waals surface area (Å²) in [6, 6.07) is 0. The van der Waals surface area contributed by atoms with Crippen molar-refractivity contribution in [3.05, 3.63) is 0 Å². The summed E-state index contributed by atoms with van der Waals surface area (Å²) in [5.41, 5.74) is 5.35. The smallest absolute Gasteiger partial charge is 0.336 e. The Balaban J connectivity index is 4.42. The van der Waals surface area contributed by atoms with Gasteiger partial charge in [0.1, 0.15) is 6.54 Å². The second-order valence-electron chi connectivity index (χ2n) is 3.90. The topological polar surface area (TPSA) is 46.3 Å². The summed E-state index contributed by atoms with van der Waals surface area (Å²) in [6.07, 6.45) is -4.36. The lowest BCUT2D eigenvalue weighted by atomic mass is 9.94. The maximum Gasteiger partial charge on any atom is 0.406 e. The molecular weight excluding hydrogens is 209 g/mol. The molecule has 0 aliphatic heterocycles. The first-order valence-corrected chi connectivity index (χ1v) is 4.70. The third kappa shape index (κ3) is 5.01. The molecule has 1 amide bonds. The highest BCUT2D eigenvalue weighted by molar-refractivity contribution is 5.79. The molecule has 0 aromatic carbocycles. The summed E-state index contributed by atoms with van der Waals surface area (Å²) in [7, 11) is 1.14. The van der Waals surface area contributed by atoms with Crippen LogP contribution in [0.5, 0.6) is 0 Å². The van der Waals surface area contributed by atoms with Gasteiger partial charge in [0.2, 0.25) is 5.91 Å². The van der Waals surface area contributed by atoms with Gasteiger partial charge >= 0.3 is 6.18 Å². The third-order valence-electron chi connectivity index (χ3n) is 2.17. The predicted molar refractivity (Wildman–Crippen MR) is 51.1 cm³/mol. The molecule has 0 aromatic rings. The number of halogens is 3. The Kier molecular flexibility index (Phi) is 5.07. The number of carbonyl (C=O) groups excluding carboxylic acids is 1. The first-order valence-electron chi connectivity index (χ1n) is 4.70. The van der Waals surface area contributed by atoms with Gasteiger partial charge < -0.3 is 10.6 Å². The monoisotopic (exact) mass is 226 g/mol. The zero-order valence-electron chi connectivity index (χ0n) is 9.14. The van der Waals surface area contributed by atoms with Crippen LogP contribution in [0, 0.1) is 11.8 Å². The Morgan fingerprint density at radius 1 is 1.40 bits per heavy atom. The van der Waals surface area contributed by atoms with Crippen LogP contribution in [0.25, 0.3) is 0 Å². The molecule has 90 valence electrons. The zero-order valence-corrected chi connectivity index (χ0v) is 9.14. The molecule has 0 aromatic heterocycles. The fourth-order valence-electron chi connectivity index (χ4n) is 1.29. The maximum atomic E-state index is 12.0. The lowest BCUT2D eigenvalue weighted by molar-refractivity contribution is -0.161. The van der Waals surface area contributed by atoms with E-state index in [1.165, 1.54) is 0 Å². The van der Waals surface area contributed by atoms with Crippen molar-refractivity contribution in [2.75, 3.05) is 20.1 Å². The lowest BCUT2D eigenvalue weighted by Crippen LogP contribution is -2.43. The van der Waals surface area contributed by atoms with Gasteiger partial charge in [-0.15, -0.1) is 0 Å². The Morgan fingerprint density at radius 3 is 2.13 bits per heavy atom. The van der Waals surface area contributed by atoms with E-state index >= 15 is 0 Å². The van der Waals surface area contributed by atoms with Gasteiger partial charge in [-0.1, -0.05) is 13.8 Å². The van der Waals surface area contributed by atoms with Crippen molar-refractivity contribution >= 4 is 5.91 Å². The van der Waals surface area contributed by atoms with Gasteiger partial charge in [-0.2, -0.15) is 13.2 Å². The molecule has 0 heterocycles. The second-order valence-corrected chi connectivity index (χ2v) is 3.90. The van der Waals surface area contributed by atoms with E-state index in [1.54, 1.807) is 13.8 Å². The largest absolute Gasteiger partial charge is 0.406 e. The Labute approximate surface area is 87.4 Å². The molecule has 0 saturated heterocycles. The van der Waals surface area contributed by atoms with Crippen LogP contribution >= 0.6 is 0 Å². The van der Waals surface area contributed by atoms with Crippen molar-refractivity contribution in [1.29, 1.82) is 0 Å². The quantitative estimate of drug-likeness (QED) is 0.783. The van der Waals surface area contributed by atoms with Crippen LogP contribution in [-0.4, -0.2) is 37.1 Å². The summed E-state index contributed by atoms with van der Waals surface area (Å²) in [4.78, 5) is 12.2. The van der Waals surface area contributed by atoms with Crippen LogP contribution in [0.2, 0.25) is 0 Å². The van der Waals surface area contributed by atoms with Crippen molar-refractivity contribution in [2.24, 2.45) is 17.6 Å². The molecule has 0 aliphatic carbocycles. The molecule has 0 rings (SSSR count). The number of nitrogens with zero attached hydrogens (tertiary/aromatic N) is 1. The van der Waals surface area contributed by atoms with Crippen molar-refractivity contribution in [2.45, 2.75) is 20.0 Å². The lowest BCUT2D eigenvalue weighted by Gasteiger charge is -2.25. The average molecular weight is 226 g/mol. The van der Waals surface area contributed by atoms with E-state index in [9.17, 15) is 18.0 Å². The minimum atomic E-state index is -4.36. The summed E-state index contributed by atoms with van der Waals surface area (Å²) in [5, 5.41) is 0. The first kappa shape index (κ1) is 14.2. The van der Waals surface area contributed by atoms with Crippen LogP contribution in [0.1, 0.15) is 13.8 Å². The van der Waals surface area contributed by atoms with E-state index in [4.69, 9.17) is 5.73 Å². The van der Waals surface area contributed by atoms with Gasteiger partial charge in [0.05, 0.1) is 5.92 Å². The summed E-state index contributed by atoms with van der Waals surface area (Å²) in [5.74, 6) is -1.15. The number of hydrogen-bond acceptors (Lipinski definition) is 2. The van der Waals surface area contributed by atoms with Gasteiger partial charge in [0, 0.05) is 13.6 Å². The van der Waals surface area contributed by atoms with E-state index in [2.05, 4.69) is 0 Å². The Hall–Kier alpha value is -0.780. The standard InChI is InChI=1S/C9H17F3N2O/c1-6(2)7(4-13)8(15)14(3)5-9(10,11)12/h6-7H,4-5,13H2,1-3H3. The average Bonchev–Trinajstić information content (AvgIpc) is 2.01. The Bertz CT molecular complexity index is 216. The van der Waals surface area contributed by atoms with E-state index in [-0.39, 0.29) is 12.5 Å². The van der Waals surface area contributed by atoms with Crippen LogP contribution in [0.3, 0.4) is 0 Å². The molecule has 1 unspecified atom stereocenters. The van der Waals surface area contributed by atoms with E-state index < -0.39 is 24.5 Å². The van der Waals surface area contributed by atoms with Gasteiger partial charge in [-0.3, -0.25) is 4.79 Å². The molecule has 0 radical (unpaired) electrons. The maximum absolute atomic E-state index is 12.0. The van der Waals surface area contributed by atoms with E-state index in [0.717, 1.165) is 7.05 Å². The number of hydrogen-bond donors (Lipinski definition) is 1. The third-order valence-corrected chi connectivity index (χ3v) is 2.17. The number of nitrogens with two attached hydrogens (primary N) is 1. The zero-order chi connectivity index (χ0) is 12.2. The number of carbonyl (C=O) groups is 1. The highest BCUT2D eigenvalue weighted by atomic mass is 19.4. The molecule has 1 atom stereocenters. The molecule has 0 spiro atoms. The van der Waals surface area contributed by atoms with Crippen LogP contribution in [-0.2, 0) is 4.79 Å². The molecule has 0 saturated carbocycles. The van der Waals surface area contributed by atoms with E-state index in [1.807, 2.05) is 0 Å². The molecule has 6 heteroatoms. The fourth-order valence-corrected chi connectivity index (χ4v) is 1.29. The van der Waals surface area contributed by atoms with Gasteiger partial charge in [-0.05, 0) is 5.92 Å². The van der Waals surface area contributed by atoms with Crippen molar-refractivity contribution in [3.63, 3.8) is 0 Å². The first-order chi connectivity index (χ1) is 6.69. The van der Waals surface area contributed by atoms with Crippen molar-refractivity contribution in [1.82, 2.24) is 4.90 Å². The minimum Gasteiger partial charge on any atom is -0.336 e. The SMILES string of the molecule is CC(C)C(CN)C(=O)N(C)CC(F)(F)F. The van der Waals surface area contributed by atoms with E-state index in [0.29, 0.717) is 4.90 Å². The van der Waals surface area contributed by atoms with Crippen molar-refractivity contribution in [3.8, 4) is 0 Å². The minimum absolute atomic E-state index is 0.0572. The molecular formula is C9H17F3N2O. The fraction of sp³-hybridized carbons (Fsp3) is 0.889. The summed E-state index contributed by atoms with van der Waals surface area (Å²) >= 11 is 0. The molecule has 3 nitrogen and oxygen atoms in total. The van der Waals surface area contributed by atoms with Crippen molar-refractivity contribution < 1.29 is 18.0 Å². The highest BCUT2D eigenvalue weighted by Gasteiger charge is 2.33. The predicted octanol–water partition coefficient (Wildman–Crippen LogP) is 1.24. The van der Waals surface area contributed by atoms with Crippen LogP contribution < -0.4 is 5.73 Å². The summed E-state index contributed by atoms with van der Waals surface area (Å²) in [6.45, 7) is 2.36. The molecule has 0 aliphatic rings. The van der Waals surface area contributed by atoms with Gasteiger partial charge in [0.15, 0.2) is 0 Å². The normalized spacial score (nSPS) is 14.1. The van der Waals surface area contributed by atoms with Gasteiger partial charge in [-0.25, -0.2) is 0 Å². The molecule has 0 fully saturated rings. The van der Waals surface area contributed by atoms with Gasteiger partial charge in [0.25, 0.3) is 0 Å². The number of amides is 1. The molecule has 0 bridgehead atoms. The Morgan fingerprint density at radius 2 is 1.87 bits per heavy atom.